The Labute approximate surface area is 235 Å². The third kappa shape index (κ3) is 6.61. The molecule has 0 spiro atoms. The Bertz CT molecular complexity index is 1580. The molecule has 0 amide bonds. The maximum absolute atomic E-state index is 15.7. The average molecular weight is 621 g/mol. The number of halogens is 7. The van der Waals surface area contributed by atoms with E-state index < -0.39 is 98.7 Å². The topological polar surface area (TPSA) is 96.8 Å². The number of rotatable bonds is 8. The number of sulfone groups is 1. The number of nitrogens with zero attached hydrogens (tertiary/aromatic N) is 2. The number of carboxylic acid groups (broad SMARTS) is 1. The van der Waals surface area contributed by atoms with Gasteiger partial charge in [-0.2, -0.15) is 13.2 Å². The molecule has 0 saturated carbocycles. The molecule has 2 aromatic carbocycles. The molecular formula is C27H23F7N2O5S. The van der Waals surface area contributed by atoms with Crippen molar-refractivity contribution >= 4 is 27.2 Å². The number of carboxylic acids is 1. The third-order valence-electron chi connectivity index (χ3n) is 6.62. The van der Waals surface area contributed by atoms with Crippen LogP contribution in [-0.4, -0.2) is 42.4 Å². The van der Waals surface area contributed by atoms with E-state index in [2.05, 4.69) is 4.98 Å². The molecule has 226 valence electrons. The summed E-state index contributed by atoms with van der Waals surface area (Å²) in [5.74, 6) is -8.15. The monoisotopic (exact) mass is 620 g/mol. The van der Waals surface area contributed by atoms with Gasteiger partial charge in [-0.3, -0.25) is 0 Å². The highest BCUT2D eigenvalue weighted by atomic mass is 32.2. The first-order valence-electron chi connectivity index (χ1n) is 12.3. The van der Waals surface area contributed by atoms with Crippen molar-refractivity contribution in [1.82, 2.24) is 4.98 Å². The molecule has 3 aromatic rings. The van der Waals surface area contributed by atoms with Crippen molar-refractivity contribution in [3.8, 4) is 5.75 Å². The molecule has 0 radical (unpaired) electrons. The zero-order valence-corrected chi connectivity index (χ0v) is 22.5. The van der Waals surface area contributed by atoms with E-state index in [1.807, 2.05) is 0 Å². The molecule has 0 aliphatic carbocycles. The van der Waals surface area contributed by atoms with Crippen LogP contribution in [-0.2, 0) is 22.6 Å². The summed E-state index contributed by atoms with van der Waals surface area (Å²) in [5.41, 5.74) is -5.55. The zero-order valence-electron chi connectivity index (χ0n) is 21.7. The van der Waals surface area contributed by atoms with Crippen LogP contribution in [0.25, 0.3) is 0 Å². The second kappa shape index (κ2) is 11.4. The lowest BCUT2D eigenvalue weighted by atomic mass is 10.00. The van der Waals surface area contributed by atoms with Crippen molar-refractivity contribution in [1.29, 1.82) is 0 Å². The van der Waals surface area contributed by atoms with Crippen molar-refractivity contribution in [2.75, 3.05) is 11.4 Å². The maximum atomic E-state index is 15.7. The summed E-state index contributed by atoms with van der Waals surface area (Å²) < 4.78 is 132. The molecule has 1 aromatic heterocycles. The summed E-state index contributed by atoms with van der Waals surface area (Å²) in [7, 11) is -5.09. The second-order valence-corrected chi connectivity index (χ2v) is 11.8. The molecule has 2 heterocycles. The highest BCUT2D eigenvalue weighted by molar-refractivity contribution is 7.92. The highest BCUT2D eigenvalue weighted by Crippen LogP contribution is 2.47. The van der Waals surface area contributed by atoms with E-state index in [0.717, 1.165) is 35.4 Å². The van der Waals surface area contributed by atoms with Crippen LogP contribution in [0.2, 0.25) is 0 Å². The van der Waals surface area contributed by atoms with Gasteiger partial charge in [-0.25, -0.2) is 35.8 Å². The lowest BCUT2D eigenvalue weighted by Crippen LogP contribution is -2.32. The average Bonchev–Trinajstić information content (AvgIpc) is 2.98. The summed E-state index contributed by atoms with van der Waals surface area (Å²) in [5, 5.41) is 9.31. The van der Waals surface area contributed by atoms with Crippen LogP contribution in [0.4, 0.5) is 42.1 Å². The molecule has 0 unspecified atom stereocenters. The number of pyridine rings is 1. The summed E-state index contributed by atoms with van der Waals surface area (Å²) in [6.45, 7) is -0.828. The number of benzene rings is 2. The zero-order chi connectivity index (χ0) is 31.0. The SMILES string of the molecule is CC(F)(F)CC[C@@H]1CN(c2ccc(F)cc2)c2cc(C(F)(F)F)c(OCc3cccnc3C(=O)O)cc2S(=O)(=O)[C@@H]1F. The number of fused-ring (bicyclic) bond motifs is 1. The molecule has 4 rings (SSSR count). The van der Waals surface area contributed by atoms with E-state index in [9.17, 15) is 44.7 Å². The van der Waals surface area contributed by atoms with Gasteiger partial charge in [0.15, 0.2) is 5.69 Å². The number of aromatic nitrogens is 1. The Morgan fingerprint density at radius 2 is 1.79 bits per heavy atom. The Morgan fingerprint density at radius 1 is 1.12 bits per heavy atom. The summed E-state index contributed by atoms with van der Waals surface area (Å²) in [4.78, 5) is 15.2. The van der Waals surface area contributed by atoms with Gasteiger partial charge in [-0.15, -0.1) is 0 Å². The molecule has 7 nitrogen and oxygen atoms in total. The molecule has 2 atom stereocenters. The largest absolute Gasteiger partial charge is 0.488 e. The van der Waals surface area contributed by atoms with Gasteiger partial charge in [0.25, 0.3) is 0 Å². The number of hydrogen-bond donors (Lipinski definition) is 1. The Morgan fingerprint density at radius 3 is 2.38 bits per heavy atom. The minimum absolute atomic E-state index is 0.0153. The van der Waals surface area contributed by atoms with Gasteiger partial charge < -0.3 is 14.7 Å². The van der Waals surface area contributed by atoms with Crippen molar-refractivity contribution in [3.63, 3.8) is 0 Å². The van der Waals surface area contributed by atoms with Crippen molar-refractivity contribution in [3.05, 3.63) is 77.4 Å². The smallest absolute Gasteiger partial charge is 0.420 e. The molecule has 42 heavy (non-hydrogen) atoms. The van der Waals surface area contributed by atoms with E-state index in [0.29, 0.717) is 19.1 Å². The molecule has 1 N–H and O–H groups in total. The predicted molar refractivity (Wildman–Crippen MR) is 136 cm³/mol. The van der Waals surface area contributed by atoms with Gasteiger partial charge in [-0.05, 0) is 49.7 Å². The van der Waals surface area contributed by atoms with E-state index in [-0.39, 0.29) is 11.3 Å². The lowest BCUT2D eigenvalue weighted by Gasteiger charge is -2.29. The van der Waals surface area contributed by atoms with E-state index in [4.69, 9.17) is 4.74 Å². The molecule has 1 aliphatic heterocycles. The Hall–Kier alpha value is -3.88. The van der Waals surface area contributed by atoms with Crippen LogP contribution in [0.3, 0.4) is 0 Å². The first kappa shape index (κ1) is 31.1. The highest BCUT2D eigenvalue weighted by Gasteiger charge is 2.45. The standard InChI is InChI=1S/C27H23F7N2O5S/c1-26(30,31)9-8-15-13-36(18-6-4-17(28)5-7-18)20-11-19(27(32,33)34)21(12-22(20)42(39,40)24(15)29)41-14-16-3-2-10-35-23(16)25(37)38/h2-7,10-12,15,24H,8-9,13-14H2,1H3,(H,37,38)/t15-,24+/m1/s1. The molecular weight excluding hydrogens is 597 g/mol. The minimum atomic E-state index is -5.14. The fourth-order valence-corrected chi connectivity index (χ4v) is 6.25. The second-order valence-electron chi connectivity index (χ2n) is 9.77. The van der Waals surface area contributed by atoms with Crippen LogP contribution in [0, 0.1) is 11.7 Å². The fourth-order valence-electron chi connectivity index (χ4n) is 4.55. The van der Waals surface area contributed by atoms with Crippen LogP contribution in [0.15, 0.2) is 59.6 Å². The molecule has 1 aliphatic rings. The third-order valence-corrected chi connectivity index (χ3v) is 8.54. The van der Waals surface area contributed by atoms with Crippen molar-refractivity contribution in [2.45, 2.75) is 48.9 Å². The van der Waals surface area contributed by atoms with Gasteiger partial charge in [0.1, 0.15) is 18.2 Å². The predicted octanol–water partition coefficient (Wildman–Crippen LogP) is 6.79. The summed E-state index contributed by atoms with van der Waals surface area (Å²) in [6.07, 6.45) is -5.54. The summed E-state index contributed by atoms with van der Waals surface area (Å²) in [6, 6.07) is 7.60. The number of alkyl halides is 6. The number of aromatic carboxylic acids is 1. The van der Waals surface area contributed by atoms with E-state index >= 15 is 4.39 Å². The van der Waals surface area contributed by atoms with E-state index in [1.54, 1.807) is 0 Å². The van der Waals surface area contributed by atoms with Gasteiger partial charge in [-0.1, -0.05) is 6.07 Å². The van der Waals surface area contributed by atoms with Crippen molar-refractivity contribution in [2.24, 2.45) is 5.92 Å². The summed E-state index contributed by atoms with van der Waals surface area (Å²) >= 11 is 0. The number of hydrogen-bond acceptors (Lipinski definition) is 6. The lowest BCUT2D eigenvalue weighted by molar-refractivity contribution is -0.139. The molecule has 0 saturated heterocycles. The molecule has 0 fully saturated rings. The van der Waals surface area contributed by atoms with Gasteiger partial charge in [0.05, 0.1) is 16.1 Å². The number of ether oxygens (including phenoxy) is 1. The van der Waals surface area contributed by atoms with Crippen LogP contribution in [0.1, 0.15) is 41.4 Å². The first-order valence-corrected chi connectivity index (χ1v) is 13.9. The van der Waals surface area contributed by atoms with Gasteiger partial charge >= 0.3 is 12.1 Å². The van der Waals surface area contributed by atoms with Crippen LogP contribution >= 0.6 is 0 Å². The van der Waals surface area contributed by atoms with Gasteiger partial charge in [0.2, 0.25) is 21.3 Å². The van der Waals surface area contributed by atoms with Crippen LogP contribution < -0.4 is 9.64 Å². The van der Waals surface area contributed by atoms with Gasteiger partial charge in [0, 0.05) is 42.4 Å². The van der Waals surface area contributed by atoms with Crippen molar-refractivity contribution < 1.29 is 53.8 Å². The molecule has 0 bridgehead atoms. The Balaban J connectivity index is 1.89. The number of anilines is 2. The number of carbonyl (C=O) groups is 1. The fraction of sp³-hybridized carbons (Fsp3) is 0.333. The van der Waals surface area contributed by atoms with Crippen LogP contribution in [0.5, 0.6) is 5.75 Å². The molecule has 15 heteroatoms. The normalized spacial score (nSPS) is 18.7. The maximum Gasteiger partial charge on any atom is 0.420 e. The quantitative estimate of drug-likeness (QED) is 0.277. The first-order chi connectivity index (χ1) is 19.5. The minimum Gasteiger partial charge on any atom is -0.488 e. The van der Waals surface area contributed by atoms with E-state index in [1.165, 1.54) is 12.1 Å². The Kier molecular flexibility index (Phi) is 8.45.